The second-order valence-corrected chi connectivity index (χ2v) is 41.7. The Kier molecular flexibility index (Phi) is 50.1. The molecule has 0 radical (unpaired) electrons. The molecule has 0 bridgehead atoms. The monoisotopic (exact) mass is 1870 g/mol. The average molecular weight is 1870 g/mol. The van der Waals surface area contributed by atoms with E-state index in [0.717, 1.165) is 183 Å². The van der Waals surface area contributed by atoms with Gasteiger partial charge in [-0.3, -0.25) is 0 Å². The number of allylic oxidation sites excluding steroid dienone is 4. The molecule has 136 heavy (non-hydrogen) atoms. The summed E-state index contributed by atoms with van der Waals surface area (Å²) in [6.07, 6.45) is 71.8. The number of carbonyl (C=O) groups is 4. The number of aromatic nitrogens is 8. The molecule has 24 nitrogen and oxygen atoms in total. The molecule has 8 N–H and O–H groups in total. The molecule has 0 spiro atoms. The molecular weight excluding hydrogens is 1700 g/mol. The molecule has 4 aliphatic carbocycles. The minimum absolute atomic E-state index is 0.000707. The predicted octanol–water partition coefficient (Wildman–Crippen LogP) is 14.2. The van der Waals surface area contributed by atoms with Crippen molar-refractivity contribution in [2.45, 2.75) is 310 Å². The number of carboxylic acid groups (broad SMARTS) is 4. The number of benzene rings is 2. The zero-order valence-electron chi connectivity index (χ0n) is 85.2. The number of imidazole rings is 4. The summed E-state index contributed by atoms with van der Waals surface area (Å²) in [5.41, 5.74) is 9.13. The Bertz CT molecular complexity index is 5000. The van der Waals surface area contributed by atoms with Crippen molar-refractivity contribution in [3.8, 4) is 0 Å². The van der Waals surface area contributed by atoms with Crippen molar-refractivity contribution in [1.29, 1.82) is 0 Å². The Labute approximate surface area is 816 Å². The SMILES string of the molecule is CC(C)C1CCC(C[N+]2=CCC(=BO)C=C2)C1.CC(C)C1CCC(C[N+]2=CCC(=BO)C=C2)CC1.CC(C)C1CCC(Cn2cc[n+](CC(=O)O)c2)C1.CC(C)C1CCC(Cn2cc[n+](CC(=O)O)c2)CC1.CC(C)CC[N+]1=CCC(=BO)C=C1.CC(C)CCn1cc[n+](CC(=O)O)c1.CC(C)c1ccc(C[N+]2=CCC(=BO)C=C2)cc1.CC(C)c1ccc(C[n+]2ccn(CC(=O)O)c2)cc1. The molecule has 4 aliphatic heterocycles. The fourth-order valence-electron chi connectivity index (χ4n) is 18.6. The van der Waals surface area contributed by atoms with E-state index in [9.17, 15) is 19.2 Å². The van der Waals surface area contributed by atoms with Crippen molar-refractivity contribution in [3.63, 3.8) is 0 Å². The molecule has 6 aromatic rings. The molecule has 4 atom stereocenters. The van der Waals surface area contributed by atoms with Crippen LogP contribution in [0.15, 0.2) is 173 Å². The predicted molar refractivity (Wildman–Crippen MR) is 551 cm³/mol. The normalized spacial score (nSPS) is 21.0. The molecule has 4 unspecified atom stereocenters. The van der Waals surface area contributed by atoms with Crippen LogP contribution in [0, 0.1) is 82.9 Å². The van der Waals surface area contributed by atoms with Crippen LogP contribution in [-0.2, 0) is 78.1 Å². The second-order valence-electron chi connectivity index (χ2n) is 41.7. The minimum atomic E-state index is -0.830. The quantitative estimate of drug-likeness (QED) is 0.0145. The van der Waals surface area contributed by atoms with Gasteiger partial charge in [0.15, 0.2) is 26.2 Å². The average Bonchev–Trinajstić information content (AvgIpc) is 1.81. The van der Waals surface area contributed by atoms with Gasteiger partial charge >= 0.3 is 428 Å². The van der Waals surface area contributed by atoms with E-state index in [1.807, 2.05) is 108 Å². The third-order valence-corrected chi connectivity index (χ3v) is 27.6. The number of nitrogens with zero attached hydrogens (tertiary/aromatic N) is 12. The Balaban J connectivity index is 0.000000212. The Hall–Kier alpha value is -10.3. The zero-order valence-corrected chi connectivity index (χ0v) is 85.2. The molecule has 4 saturated carbocycles. The van der Waals surface area contributed by atoms with Crippen molar-refractivity contribution in [3.05, 3.63) is 195 Å². The molecule has 0 saturated heterocycles. The second kappa shape index (κ2) is 60.5. The topological polar surface area (TPSA) is 277 Å². The van der Waals surface area contributed by atoms with Crippen LogP contribution in [0.3, 0.4) is 0 Å². The zero-order chi connectivity index (χ0) is 99.2. The van der Waals surface area contributed by atoms with Crippen molar-refractivity contribution >= 4 is 99.1 Å². The van der Waals surface area contributed by atoms with Crippen LogP contribution < -0.4 is 18.3 Å². The first-order valence-corrected chi connectivity index (χ1v) is 50.7. The van der Waals surface area contributed by atoms with Crippen molar-refractivity contribution in [1.82, 2.24) is 18.3 Å². The maximum absolute atomic E-state index is 10.6. The fraction of sp³-hybridized carbons (Fsp3) is 0.593. The molecule has 28 heteroatoms. The van der Waals surface area contributed by atoms with Crippen LogP contribution in [0.25, 0.3) is 0 Å². The number of aryl methyl sites for hydroxylation is 1. The van der Waals surface area contributed by atoms with Gasteiger partial charge in [0.05, 0.1) is 19.6 Å². The third-order valence-electron chi connectivity index (χ3n) is 27.6. The first-order chi connectivity index (χ1) is 65.0. The number of aliphatic carboxylic acids is 4. The van der Waals surface area contributed by atoms with Gasteiger partial charge in [0.1, 0.15) is 56.1 Å². The largest absolute Gasteiger partial charge is 0.478 e. The molecule has 14 rings (SSSR count). The minimum Gasteiger partial charge on any atom is -0.478 e. The molecule has 0 amide bonds. The van der Waals surface area contributed by atoms with Gasteiger partial charge < -0.3 is 20.4 Å². The van der Waals surface area contributed by atoms with Crippen LogP contribution in [0.2, 0.25) is 0 Å². The summed E-state index contributed by atoms with van der Waals surface area (Å²) in [7, 11) is 4.75. The first kappa shape index (κ1) is 113. The van der Waals surface area contributed by atoms with Crippen LogP contribution >= 0.6 is 0 Å². The van der Waals surface area contributed by atoms with Crippen molar-refractivity contribution in [2.75, 3.05) is 19.6 Å². The Morgan fingerprint density at radius 1 is 0.353 bits per heavy atom. The van der Waals surface area contributed by atoms with E-state index in [1.165, 1.54) is 147 Å². The Morgan fingerprint density at radius 3 is 1.06 bits per heavy atom. The number of rotatable bonds is 32. The molecule has 4 fully saturated rings. The first-order valence-electron chi connectivity index (χ1n) is 50.7. The van der Waals surface area contributed by atoms with Gasteiger partial charge in [-0.1, -0.05) is 79.7 Å². The van der Waals surface area contributed by atoms with Crippen LogP contribution in [0.4, 0.5) is 0 Å². The summed E-state index contributed by atoms with van der Waals surface area (Å²) < 4.78 is 23.9. The van der Waals surface area contributed by atoms with Gasteiger partial charge in [-0.05, 0) is 110 Å². The van der Waals surface area contributed by atoms with E-state index >= 15 is 0 Å². The van der Waals surface area contributed by atoms with Crippen molar-refractivity contribution < 1.29 is 96.3 Å². The number of hydrogen-bond acceptors (Lipinski definition) is 8. The smallest absolute Gasteiger partial charge is 0.346 e. The molecule has 8 heterocycles. The maximum atomic E-state index is 10.6. The van der Waals surface area contributed by atoms with E-state index in [4.69, 9.17) is 40.5 Å². The molecule has 4 aromatic heterocycles. The standard InChI is InChI=1S/C15H25BNO.C15H19BNO.C15H24N2O2.C15H18N2O2.C14H23BNO.C14H22N2O2.C10H17BNO.C10H16N2O2/c2*1-12(2)14-5-3-13(4-6-14)11-17-9-7-15(16-18)8-10-17;2*1-12(2)14-5-3-13(4-6-14)9-16-7-8-17(11-16)10-15(18)19;1-11(2)13-4-3-12(9-13)10-16-7-5-14(15-17)6-8-16;1-11(2)13-4-3-12(7-13)8-15-5-6-16(10-15)9-14(17)18;1-9(2)3-6-12-7-4-10(11-13)5-8-12;1-9(2)3-4-11-5-6-12(8-11)7-10(13)14/h7,9-10,12-14,18H,3-6,8,11H2,1-2H3;3-7,9-10,12,18H,8,11H2,1-2H3;7-8,11-14H,3-6,9-10H2,1-2H3;3-8,11-12H,9-10H2,1-2H3;5,7-8,11-13,17H,3-4,6,9-10H2,1-2H3;5-6,10-13H,3-4,7-9H2,1-2H3;4,7-9,13H,3,5-6H2,1-2H3;5-6,8-9H,3-4,7H2,1-2H3/q2*+1;;;+1;;+1;/p+4. The van der Waals surface area contributed by atoms with Gasteiger partial charge in [0.25, 0.3) is 0 Å². The van der Waals surface area contributed by atoms with Gasteiger partial charge in [0, 0.05) is 0 Å². The Morgan fingerprint density at radius 2 is 0.684 bits per heavy atom. The van der Waals surface area contributed by atoms with Gasteiger partial charge in [-0.25, -0.2) is 55.7 Å². The van der Waals surface area contributed by atoms with E-state index in [-0.39, 0.29) is 26.2 Å². The molecule has 736 valence electrons. The third kappa shape index (κ3) is 44.0. The molecule has 2 aromatic carbocycles. The summed E-state index contributed by atoms with van der Waals surface area (Å²) in [5, 5.41) is 70.2. The summed E-state index contributed by atoms with van der Waals surface area (Å²) in [4.78, 5) is 42.3. The summed E-state index contributed by atoms with van der Waals surface area (Å²) in [6.45, 7) is 44.4. The fourth-order valence-corrected chi connectivity index (χ4v) is 18.6. The van der Waals surface area contributed by atoms with Crippen LogP contribution in [-0.4, -0.2) is 196 Å². The van der Waals surface area contributed by atoms with E-state index in [1.54, 1.807) is 30.7 Å². The summed E-state index contributed by atoms with van der Waals surface area (Å²) in [5.74, 6) is 9.46. The summed E-state index contributed by atoms with van der Waals surface area (Å²) >= 11 is 0. The van der Waals surface area contributed by atoms with E-state index in [2.05, 4.69) is 224 Å². The number of carboxylic acids is 4. The van der Waals surface area contributed by atoms with E-state index in [0.29, 0.717) is 17.8 Å². The summed E-state index contributed by atoms with van der Waals surface area (Å²) in [6, 6.07) is 17.3. The van der Waals surface area contributed by atoms with Crippen LogP contribution in [0.1, 0.15) is 273 Å². The van der Waals surface area contributed by atoms with Crippen molar-refractivity contribution in [2.24, 2.45) is 82.9 Å². The van der Waals surface area contributed by atoms with Crippen LogP contribution in [0.5, 0.6) is 0 Å². The molecule has 8 aliphatic rings. The van der Waals surface area contributed by atoms with Gasteiger partial charge in [0.2, 0.25) is 25.3 Å². The van der Waals surface area contributed by atoms with Gasteiger partial charge in [-0.15, -0.1) is 0 Å². The van der Waals surface area contributed by atoms with E-state index < -0.39 is 23.9 Å². The maximum Gasteiger partial charge on any atom is 0.346 e. The number of hydrogen-bond donors (Lipinski definition) is 8. The van der Waals surface area contributed by atoms with Gasteiger partial charge in [-0.2, -0.15) is 0 Å². The molecular formula is C108H168B4N12O12+8.